The third kappa shape index (κ3) is 5.94. The van der Waals surface area contributed by atoms with Gasteiger partial charge in [-0.2, -0.15) is 0 Å². The summed E-state index contributed by atoms with van der Waals surface area (Å²) in [5, 5.41) is 10.9. The van der Waals surface area contributed by atoms with Crippen LogP contribution in [-0.4, -0.2) is 49.0 Å². The van der Waals surface area contributed by atoms with E-state index in [1.807, 2.05) is 0 Å². The second-order valence-electron chi connectivity index (χ2n) is 6.90. The number of hydrogen-bond acceptors (Lipinski definition) is 7. The van der Waals surface area contributed by atoms with E-state index in [2.05, 4.69) is 34.3 Å². The number of aromatic amines is 1. The summed E-state index contributed by atoms with van der Waals surface area (Å²) < 4.78 is 15.9. The minimum Gasteiger partial charge on any atom is -0.493 e. The predicted molar refractivity (Wildman–Crippen MR) is 109 cm³/mol. The van der Waals surface area contributed by atoms with E-state index in [0.29, 0.717) is 35.3 Å². The number of amides is 1. The number of methoxy groups -OCH3 is 3. The van der Waals surface area contributed by atoms with Gasteiger partial charge in [-0.15, -0.1) is 10.2 Å². The van der Waals surface area contributed by atoms with Gasteiger partial charge in [-0.1, -0.05) is 13.8 Å². The van der Waals surface area contributed by atoms with Crippen molar-refractivity contribution in [1.82, 2.24) is 20.5 Å². The number of benzene rings is 1. The van der Waals surface area contributed by atoms with Gasteiger partial charge in [0.25, 0.3) is 5.56 Å². The molecule has 2 aromatic rings. The number of carbonyl (C=O) groups is 1. The van der Waals surface area contributed by atoms with Crippen molar-refractivity contribution in [1.29, 1.82) is 0 Å². The molecule has 0 radical (unpaired) electrons. The van der Waals surface area contributed by atoms with Crippen LogP contribution in [0.2, 0.25) is 0 Å². The summed E-state index contributed by atoms with van der Waals surface area (Å²) in [5.74, 6) is 1.99. The molecule has 0 aliphatic carbocycles. The van der Waals surface area contributed by atoms with E-state index in [1.165, 1.54) is 21.3 Å². The first kappa shape index (κ1) is 22.2. The van der Waals surface area contributed by atoms with Crippen LogP contribution < -0.4 is 25.1 Å². The number of carbonyl (C=O) groups excluding carboxylic acids is 1. The molecule has 1 heterocycles. The monoisotopic (exact) mass is 404 g/mol. The molecule has 9 nitrogen and oxygen atoms in total. The van der Waals surface area contributed by atoms with Gasteiger partial charge in [-0.05, 0) is 24.5 Å². The molecule has 2 rings (SSSR count). The van der Waals surface area contributed by atoms with Crippen LogP contribution in [-0.2, 0) is 11.2 Å². The van der Waals surface area contributed by atoms with Crippen LogP contribution >= 0.6 is 0 Å². The van der Waals surface area contributed by atoms with Crippen LogP contribution in [0.1, 0.15) is 32.4 Å². The van der Waals surface area contributed by atoms with Crippen molar-refractivity contribution in [2.24, 2.45) is 5.92 Å². The van der Waals surface area contributed by atoms with Crippen LogP contribution in [0.15, 0.2) is 16.9 Å². The number of rotatable bonds is 10. The minimum atomic E-state index is -0.390. The van der Waals surface area contributed by atoms with Gasteiger partial charge in [0.15, 0.2) is 17.3 Å². The fourth-order valence-corrected chi connectivity index (χ4v) is 2.69. The smallest absolute Gasteiger partial charge is 0.273 e. The van der Waals surface area contributed by atoms with Crippen molar-refractivity contribution in [3.8, 4) is 28.6 Å². The van der Waals surface area contributed by atoms with Gasteiger partial charge in [0.05, 0.1) is 21.3 Å². The molecule has 0 aliphatic rings. The third-order valence-corrected chi connectivity index (χ3v) is 4.34. The van der Waals surface area contributed by atoms with Gasteiger partial charge >= 0.3 is 0 Å². The predicted octanol–water partition coefficient (Wildman–Crippen LogP) is 1.95. The third-order valence-electron chi connectivity index (χ3n) is 4.34. The summed E-state index contributed by atoms with van der Waals surface area (Å²) in [6.45, 7) is 4.81. The lowest BCUT2D eigenvalue weighted by molar-refractivity contribution is -0.121. The Balaban J connectivity index is 2.13. The Bertz CT molecular complexity index is 870. The first-order chi connectivity index (χ1) is 13.9. The fourth-order valence-electron chi connectivity index (χ4n) is 2.69. The molecule has 0 bridgehead atoms. The summed E-state index contributed by atoms with van der Waals surface area (Å²) in [7, 11) is 4.52. The molecule has 0 unspecified atom stereocenters. The van der Waals surface area contributed by atoms with Crippen molar-refractivity contribution in [2.75, 3.05) is 27.9 Å². The molecular weight excluding hydrogens is 376 g/mol. The second-order valence-corrected chi connectivity index (χ2v) is 6.90. The quantitative estimate of drug-likeness (QED) is 0.622. The number of aryl methyl sites for hydroxylation is 1. The van der Waals surface area contributed by atoms with Crippen molar-refractivity contribution >= 4 is 5.91 Å². The van der Waals surface area contributed by atoms with Gasteiger partial charge in [0.1, 0.15) is 5.69 Å². The molecule has 0 spiro atoms. The molecule has 2 N–H and O–H groups in total. The lowest BCUT2D eigenvalue weighted by Crippen LogP contribution is -2.27. The highest BCUT2D eigenvalue weighted by Crippen LogP contribution is 2.40. The molecule has 29 heavy (non-hydrogen) atoms. The van der Waals surface area contributed by atoms with E-state index in [1.54, 1.807) is 12.1 Å². The molecule has 0 aliphatic heterocycles. The molecule has 0 atom stereocenters. The van der Waals surface area contributed by atoms with E-state index in [0.717, 1.165) is 6.42 Å². The highest BCUT2D eigenvalue weighted by Gasteiger charge is 2.16. The maximum Gasteiger partial charge on any atom is 0.273 e. The number of H-pyrrole nitrogens is 1. The zero-order valence-corrected chi connectivity index (χ0v) is 17.5. The summed E-state index contributed by atoms with van der Waals surface area (Å²) >= 11 is 0. The molecule has 0 fully saturated rings. The number of aromatic nitrogens is 3. The Hall–Kier alpha value is -3.10. The Kier molecular flexibility index (Phi) is 7.99. The molecule has 1 aromatic heterocycles. The molecule has 1 aromatic carbocycles. The zero-order valence-electron chi connectivity index (χ0n) is 17.5. The van der Waals surface area contributed by atoms with Gasteiger partial charge in [-0.3, -0.25) is 9.59 Å². The topological polar surface area (TPSA) is 115 Å². The lowest BCUT2D eigenvalue weighted by atomic mass is 10.1. The van der Waals surface area contributed by atoms with Crippen LogP contribution in [0.5, 0.6) is 17.2 Å². The zero-order chi connectivity index (χ0) is 21.4. The SMILES string of the molecule is COc1cc(-c2nnc(CCC(=O)NCCC(C)C)c(=O)[nH]2)cc(OC)c1OC. The maximum absolute atomic E-state index is 12.4. The van der Waals surface area contributed by atoms with E-state index in [9.17, 15) is 9.59 Å². The number of hydrogen-bond donors (Lipinski definition) is 2. The van der Waals surface area contributed by atoms with E-state index in [4.69, 9.17) is 14.2 Å². The van der Waals surface area contributed by atoms with Crippen molar-refractivity contribution in [2.45, 2.75) is 33.1 Å². The summed E-state index contributed by atoms with van der Waals surface area (Å²) in [4.78, 5) is 27.0. The van der Waals surface area contributed by atoms with Crippen molar-refractivity contribution in [3.05, 3.63) is 28.2 Å². The molecular formula is C20H28N4O5. The van der Waals surface area contributed by atoms with Crippen LogP contribution in [0, 0.1) is 5.92 Å². The largest absolute Gasteiger partial charge is 0.493 e. The Morgan fingerprint density at radius 1 is 1.10 bits per heavy atom. The molecule has 9 heteroatoms. The average molecular weight is 404 g/mol. The lowest BCUT2D eigenvalue weighted by Gasteiger charge is -2.13. The van der Waals surface area contributed by atoms with Crippen LogP contribution in [0.25, 0.3) is 11.4 Å². The molecule has 0 saturated carbocycles. The van der Waals surface area contributed by atoms with E-state index >= 15 is 0 Å². The Morgan fingerprint density at radius 2 is 1.76 bits per heavy atom. The van der Waals surface area contributed by atoms with E-state index in [-0.39, 0.29) is 30.3 Å². The number of ether oxygens (including phenoxy) is 3. The summed E-state index contributed by atoms with van der Waals surface area (Å²) in [5.41, 5.74) is 0.376. The maximum atomic E-state index is 12.4. The van der Waals surface area contributed by atoms with Gasteiger partial charge < -0.3 is 24.5 Å². The molecule has 158 valence electrons. The summed E-state index contributed by atoms with van der Waals surface area (Å²) in [6, 6.07) is 3.34. The van der Waals surface area contributed by atoms with Crippen LogP contribution in [0.3, 0.4) is 0 Å². The number of nitrogens with zero attached hydrogens (tertiary/aromatic N) is 2. The van der Waals surface area contributed by atoms with Crippen molar-refractivity contribution in [3.63, 3.8) is 0 Å². The molecule has 0 saturated heterocycles. The highest BCUT2D eigenvalue weighted by molar-refractivity contribution is 5.76. The van der Waals surface area contributed by atoms with E-state index < -0.39 is 5.56 Å². The number of nitrogens with one attached hydrogen (secondary N) is 2. The minimum absolute atomic E-state index is 0.111. The summed E-state index contributed by atoms with van der Waals surface area (Å²) in [6.07, 6.45) is 1.31. The van der Waals surface area contributed by atoms with Gasteiger partial charge in [-0.25, -0.2) is 0 Å². The first-order valence-electron chi connectivity index (χ1n) is 9.42. The van der Waals surface area contributed by atoms with Gasteiger partial charge in [0.2, 0.25) is 11.7 Å². The molecule has 1 amide bonds. The standard InChI is InChI=1S/C20H28N4O5/c1-12(2)8-9-21-17(25)7-6-14-20(26)22-19(24-23-14)13-10-15(27-3)18(29-5)16(11-13)28-4/h10-12H,6-9H2,1-5H3,(H,21,25)(H,22,24,26). The Labute approximate surface area is 169 Å². The Morgan fingerprint density at radius 3 is 2.28 bits per heavy atom. The first-order valence-corrected chi connectivity index (χ1v) is 9.42. The fraction of sp³-hybridized carbons (Fsp3) is 0.500. The highest BCUT2D eigenvalue weighted by atomic mass is 16.5. The van der Waals surface area contributed by atoms with Crippen LogP contribution in [0.4, 0.5) is 0 Å². The van der Waals surface area contributed by atoms with Gasteiger partial charge in [0, 0.05) is 24.9 Å². The van der Waals surface area contributed by atoms with Crippen molar-refractivity contribution < 1.29 is 19.0 Å². The second kappa shape index (κ2) is 10.4. The average Bonchev–Trinajstić information content (AvgIpc) is 2.71. The normalized spacial score (nSPS) is 10.7.